The molecule has 0 bridgehead atoms. The highest BCUT2D eigenvalue weighted by Gasteiger charge is 2.31. The van der Waals surface area contributed by atoms with E-state index < -0.39 is 0 Å². The van der Waals surface area contributed by atoms with Crippen LogP contribution in [-0.4, -0.2) is 70.8 Å². The number of rotatable bonds is 6. The Morgan fingerprint density at radius 1 is 1.41 bits per heavy atom. The fraction of sp³-hybridized carbons (Fsp3) is 0.765. The first-order chi connectivity index (χ1) is 13.1. The van der Waals surface area contributed by atoms with Gasteiger partial charge in [0, 0.05) is 38.8 Å². The third-order valence-corrected chi connectivity index (χ3v) is 4.95. The Morgan fingerprint density at radius 3 is 2.89 bits per heavy atom. The van der Waals surface area contributed by atoms with Crippen molar-refractivity contribution in [1.29, 1.82) is 0 Å². The largest absolute Gasteiger partial charge is 0.372 e. The van der Waals surface area contributed by atoms with Crippen LogP contribution in [0, 0.1) is 0 Å². The molecule has 0 aromatic carbocycles. The molecule has 3 rings (SSSR count). The highest BCUT2D eigenvalue weighted by Crippen LogP contribution is 2.19. The van der Waals surface area contributed by atoms with Gasteiger partial charge < -0.3 is 29.7 Å². The van der Waals surface area contributed by atoms with Gasteiger partial charge in [-0.3, -0.25) is 0 Å². The zero-order valence-corrected chi connectivity index (χ0v) is 15.9. The van der Waals surface area contributed by atoms with Crippen molar-refractivity contribution in [2.75, 3.05) is 32.8 Å². The van der Waals surface area contributed by atoms with Crippen LogP contribution < -0.4 is 10.6 Å². The molecule has 1 aromatic rings. The third kappa shape index (κ3) is 4.88. The Kier molecular flexibility index (Phi) is 6.49. The molecule has 0 aliphatic carbocycles. The first-order valence-electron chi connectivity index (χ1n) is 9.58. The number of nitrogens with one attached hydrogen (secondary N) is 2. The molecule has 0 saturated carbocycles. The van der Waals surface area contributed by atoms with Gasteiger partial charge in [0.2, 0.25) is 0 Å². The summed E-state index contributed by atoms with van der Waals surface area (Å²) in [5.74, 6) is 0.825. The summed E-state index contributed by atoms with van der Waals surface area (Å²) in [5.41, 5.74) is 0. The van der Waals surface area contributed by atoms with E-state index in [1.807, 2.05) is 18.7 Å². The maximum absolute atomic E-state index is 12.5. The van der Waals surface area contributed by atoms with E-state index in [4.69, 9.17) is 9.26 Å². The standard InChI is InChI=1S/C17H28N6O4/c1-3-26-11-14-20-15(21-27-14)12(2)19-17(25)22-9-5-13(6-10-22)23-8-4-7-18-16(23)24/h12-13H,3-11H2,1-2H3,(H,18,24)(H,19,25). The summed E-state index contributed by atoms with van der Waals surface area (Å²) >= 11 is 0. The van der Waals surface area contributed by atoms with E-state index in [-0.39, 0.29) is 30.8 Å². The van der Waals surface area contributed by atoms with Crippen LogP contribution >= 0.6 is 0 Å². The molecule has 150 valence electrons. The summed E-state index contributed by atoms with van der Waals surface area (Å²) in [4.78, 5) is 32.4. The molecule has 2 N–H and O–H groups in total. The molecule has 1 aromatic heterocycles. The number of carbonyl (C=O) groups is 2. The molecule has 2 saturated heterocycles. The molecule has 0 radical (unpaired) electrons. The SMILES string of the molecule is CCOCc1nc(C(C)NC(=O)N2CCC(N3CCCNC3=O)CC2)no1. The van der Waals surface area contributed by atoms with E-state index >= 15 is 0 Å². The quantitative estimate of drug-likeness (QED) is 0.768. The minimum atomic E-state index is -0.359. The average Bonchev–Trinajstić information content (AvgIpc) is 3.16. The molecule has 2 fully saturated rings. The second-order valence-corrected chi connectivity index (χ2v) is 6.85. The monoisotopic (exact) mass is 380 g/mol. The van der Waals surface area contributed by atoms with E-state index in [0.717, 1.165) is 32.4 Å². The summed E-state index contributed by atoms with van der Waals surface area (Å²) in [6.45, 7) is 7.32. The van der Waals surface area contributed by atoms with Crippen LogP contribution in [0.4, 0.5) is 9.59 Å². The van der Waals surface area contributed by atoms with Gasteiger partial charge in [-0.2, -0.15) is 4.98 Å². The van der Waals surface area contributed by atoms with E-state index in [1.54, 1.807) is 4.90 Å². The van der Waals surface area contributed by atoms with Crippen LogP contribution in [0.3, 0.4) is 0 Å². The van der Waals surface area contributed by atoms with Crippen LogP contribution in [-0.2, 0) is 11.3 Å². The number of amides is 4. The number of nitrogens with zero attached hydrogens (tertiary/aromatic N) is 4. The Balaban J connectivity index is 1.46. The smallest absolute Gasteiger partial charge is 0.317 e. The fourth-order valence-electron chi connectivity index (χ4n) is 3.41. The number of hydrogen-bond acceptors (Lipinski definition) is 6. The zero-order valence-electron chi connectivity index (χ0n) is 15.9. The second-order valence-electron chi connectivity index (χ2n) is 6.85. The highest BCUT2D eigenvalue weighted by molar-refractivity contribution is 5.76. The summed E-state index contributed by atoms with van der Waals surface area (Å²) in [6, 6.07) is -0.301. The normalized spacial score (nSPS) is 19.7. The van der Waals surface area contributed by atoms with Crippen molar-refractivity contribution < 1.29 is 18.8 Å². The van der Waals surface area contributed by atoms with Crippen molar-refractivity contribution in [3.8, 4) is 0 Å². The minimum absolute atomic E-state index is 0.0118. The molecule has 27 heavy (non-hydrogen) atoms. The number of urea groups is 2. The maximum Gasteiger partial charge on any atom is 0.317 e. The summed E-state index contributed by atoms with van der Waals surface area (Å²) in [5, 5.41) is 9.69. The predicted octanol–water partition coefficient (Wildman–Crippen LogP) is 1.26. The van der Waals surface area contributed by atoms with Crippen molar-refractivity contribution in [1.82, 2.24) is 30.6 Å². The molecule has 2 aliphatic rings. The molecular formula is C17H28N6O4. The maximum atomic E-state index is 12.5. The molecule has 2 aliphatic heterocycles. The first kappa shape index (κ1) is 19.4. The summed E-state index contributed by atoms with van der Waals surface area (Å²) < 4.78 is 10.3. The lowest BCUT2D eigenvalue weighted by molar-refractivity contribution is 0.109. The molecule has 3 heterocycles. The van der Waals surface area contributed by atoms with E-state index in [0.29, 0.717) is 31.4 Å². The van der Waals surface area contributed by atoms with Crippen LogP contribution in [0.25, 0.3) is 0 Å². The van der Waals surface area contributed by atoms with Crippen LogP contribution in [0.2, 0.25) is 0 Å². The van der Waals surface area contributed by atoms with Gasteiger partial charge in [0.25, 0.3) is 5.89 Å². The van der Waals surface area contributed by atoms with Crippen LogP contribution in [0.5, 0.6) is 0 Å². The number of ether oxygens (including phenoxy) is 1. The third-order valence-electron chi connectivity index (χ3n) is 4.95. The Hall–Kier alpha value is -2.36. The highest BCUT2D eigenvalue weighted by atomic mass is 16.5. The molecular weight excluding hydrogens is 352 g/mol. The number of carbonyl (C=O) groups excluding carboxylic acids is 2. The van der Waals surface area contributed by atoms with E-state index in [1.165, 1.54) is 0 Å². The van der Waals surface area contributed by atoms with E-state index in [2.05, 4.69) is 20.8 Å². The van der Waals surface area contributed by atoms with Crippen molar-refractivity contribution in [2.24, 2.45) is 0 Å². The average molecular weight is 380 g/mol. The van der Waals surface area contributed by atoms with Gasteiger partial charge in [0.1, 0.15) is 6.61 Å². The van der Waals surface area contributed by atoms with Gasteiger partial charge in [-0.05, 0) is 33.1 Å². The predicted molar refractivity (Wildman–Crippen MR) is 95.9 cm³/mol. The number of aromatic nitrogens is 2. The lowest BCUT2D eigenvalue weighted by atomic mass is 10.0. The fourth-order valence-corrected chi connectivity index (χ4v) is 3.41. The van der Waals surface area contributed by atoms with Gasteiger partial charge in [-0.15, -0.1) is 0 Å². The molecule has 4 amide bonds. The molecule has 1 atom stereocenters. The molecule has 10 heteroatoms. The van der Waals surface area contributed by atoms with Crippen LogP contribution in [0.1, 0.15) is 50.9 Å². The lowest BCUT2D eigenvalue weighted by Gasteiger charge is -2.40. The van der Waals surface area contributed by atoms with E-state index in [9.17, 15) is 9.59 Å². The van der Waals surface area contributed by atoms with Crippen molar-refractivity contribution in [3.63, 3.8) is 0 Å². The molecule has 0 spiro atoms. The lowest BCUT2D eigenvalue weighted by Crippen LogP contribution is -2.55. The molecule has 10 nitrogen and oxygen atoms in total. The second kappa shape index (κ2) is 9.03. The van der Waals surface area contributed by atoms with Crippen molar-refractivity contribution in [3.05, 3.63) is 11.7 Å². The Labute approximate surface area is 158 Å². The topological polar surface area (TPSA) is 113 Å². The van der Waals surface area contributed by atoms with Crippen LogP contribution in [0.15, 0.2) is 4.52 Å². The molecule has 1 unspecified atom stereocenters. The van der Waals surface area contributed by atoms with Gasteiger partial charge in [0.15, 0.2) is 5.82 Å². The van der Waals surface area contributed by atoms with Gasteiger partial charge in [0.05, 0.1) is 6.04 Å². The summed E-state index contributed by atoms with van der Waals surface area (Å²) in [7, 11) is 0. The first-order valence-corrected chi connectivity index (χ1v) is 9.58. The number of piperidine rings is 1. The van der Waals surface area contributed by atoms with Gasteiger partial charge in [-0.25, -0.2) is 9.59 Å². The Morgan fingerprint density at radius 2 is 2.19 bits per heavy atom. The number of hydrogen-bond donors (Lipinski definition) is 2. The zero-order chi connectivity index (χ0) is 19.2. The van der Waals surface area contributed by atoms with Crippen molar-refractivity contribution >= 4 is 12.1 Å². The van der Waals surface area contributed by atoms with Gasteiger partial charge >= 0.3 is 12.1 Å². The Bertz CT molecular complexity index is 643. The van der Waals surface area contributed by atoms with Crippen molar-refractivity contribution in [2.45, 2.75) is 51.8 Å². The number of likely N-dealkylation sites (tertiary alicyclic amines) is 1. The minimum Gasteiger partial charge on any atom is -0.372 e. The summed E-state index contributed by atoms with van der Waals surface area (Å²) in [6.07, 6.45) is 2.55. The van der Waals surface area contributed by atoms with Gasteiger partial charge in [-0.1, -0.05) is 5.16 Å².